The largest absolute Gasteiger partial charge is 0.310 e. The fraction of sp³-hybridized carbons (Fsp3) is 0. The molecule has 1 heterocycles. The van der Waals surface area contributed by atoms with Crippen LogP contribution in [-0.4, -0.2) is 4.57 Å². The molecule has 0 N–H and O–H groups in total. The second-order valence-corrected chi connectivity index (χ2v) is 14.7. The lowest BCUT2D eigenvalue weighted by molar-refractivity contribution is 1.18. The summed E-state index contributed by atoms with van der Waals surface area (Å²) in [4.78, 5) is 4.13. The minimum atomic E-state index is -0.123. The second kappa shape index (κ2) is 14.6. The Morgan fingerprint density at radius 3 is 1.68 bits per heavy atom. The SMILES string of the molecule is [2H]c1c([2H])c(N(c2ccccc2)c2ccc3c4ccccc4n(-c4ccccc4)c3c2)c([2H])c([2H])c1-c1ccc2cc(N(c3ccccc3)c3cccc4ccccc34)ccc2c1. The van der Waals surface area contributed by atoms with E-state index < -0.39 is 0 Å². The van der Waals surface area contributed by atoms with E-state index in [1.54, 1.807) is 0 Å². The smallest absolute Gasteiger partial charge is 0.0645 e. The van der Waals surface area contributed by atoms with Crippen LogP contribution >= 0.6 is 0 Å². The molecule has 11 rings (SSSR count). The van der Waals surface area contributed by atoms with Crippen molar-refractivity contribution >= 4 is 77.5 Å². The minimum Gasteiger partial charge on any atom is -0.310 e. The zero-order chi connectivity index (χ0) is 42.6. The molecule has 278 valence electrons. The van der Waals surface area contributed by atoms with E-state index in [0.29, 0.717) is 5.56 Å². The molecule has 0 aliphatic rings. The van der Waals surface area contributed by atoms with Crippen LogP contribution in [0.1, 0.15) is 5.48 Å². The summed E-state index contributed by atoms with van der Waals surface area (Å²) in [6, 6.07) is 71.4. The lowest BCUT2D eigenvalue weighted by atomic mass is 9.99. The summed E-state index contributed by atoms with van der Waals surface area (Å²) in [6.45, 7) is 0. The summed E-state index contributed by atoms with van der Waals surface area (Å²) < 4.78 is 40.4. The third kappa shape index (κ3) is 6.17. The van der Waals surface area contributed by atoms with Crippen LogP contribution < -0.4 is 9.80 Å². The summed E-state index contributed by atoms with van der Waals surface area (Å²) in [5.74, 6) is 0. The zero-order valence-electron chi connectivity index (χ0n) is 36.0. The Hall–Kier alpha value is -7.88. The van der Waals surface area contributed by atoms with Gasteiger partial charge in [0.05, 0.1) is 22.2 Å². The van der Waals surface area contributed by atoms with Gasteiger partial charge >= 0.3 is 0 Å². The fourth-order valence-electron chi connectivity index (χ4n) is 8.43. The molecular weight excluding hydrogens is 715 g/mol. The van der Waals surface area contributed by atoms with Crippen LogP contribution in [0.4, 0.5) is 34.1 Å². The standard InChI is InChI=1S/C56H39N3/c1-4-17-45(18-5-1)57(50-35-36-53-52-24-12-13-25-55(52)59(56(53)39-50)47-21-8-3-9-22-47)48-32-29-40(30-33-48)42-27-28-44-38-49(34-31-43(44)37-42)58(46-19-6-2-7-20-46)54-26-14-16-41-15-10-11-23-51(41)54/h1-39H/i29D,30D,32D,33D. The van der Waals surface area contributed by atoms with Crippen molar-refractivity contribution in [3.05, 3.63) is 236 Å². The molecule has 0 radical (unpaired) electrons. The maximum atomic E-state index is 9.60. The topological polar surface area (TPSA) is 11.4 Å². The molecule has 1 aromatic heterocycles. The van der Waals surface area contributed by atoms with Gasteiger partial charge in [-0.2, -0.15) is 0 Å². The average Bonchev–Trinajstić information content (AvgIpc) is 3.67. The number of aromatic nitrogens is 1. The minimum absolute atomic E-state index is 0.103. The first-order valence-electron chi connectivity index (χ1n) is 21.9. The molecule has 0 aliphatic heterocycles. The van der Waals surface area contributed by atoms with E-state index in [1.807, 2.05) is 108 Å². The Morgan fingerprint density at radius 2 is 0.898 bits per heavy atom. The molecule has 0 unspecified atom stereocenters. The van der Waals surface area contributed by atoms with Gasteiger partial charge in [-0.3, -0.25) is 0 Å². The molecule has 10 aromatic carbocycles. The van der Waals surface area contributed by atoms with Gasteiger partial charge in [-0.25, -0.2) is 0 Å². The molecule has 3 heteroatoms. The summed E-state index contributed by atoms with van der Waals surface area (Å²) in [5, 5.41) is 6.41. The molecule has 0 spiro atoms. The number of rotatable bonds is 8. The first-order chi connectivity index (χ1) is 30.9. The molecule has 0 aliphatic carbocycles. The highest BCUT2D eigenvalue weighted by Gasteiger charge is 2.19. The number of hydrogen-bond donors (Lipinski definition) is 0. The monoisotopic (exact) mass is 757 g/mol. The molecule has 3 nitrogen and oxygen atoms in total. The van der Waals surface area contributed by atoms with Crippen molar-refractivity contribution in [2.75, 3.05) is 9.80 Å². The van der Waals surface area contributed by atoms with E-state index in [0.717, 1.165) is 77.5 Å². The number of para-hydroxylation sites is 4. The first kappa shape index (κ1) is 30.3. The van der Waals surface area contributed by atoms with Gasteiger partial charge in [-0.1, -0.05) is 146 Å². The van der Waals surface area contributed by atoms with Crippen LogP contribution in [0.5, 0.6) is 0 Å². The summed E-state index contributed by atoms with van der Waals surface area (Å²) in [5.41, 5.74) is 8.67. The first-order valence-corrected chi connectivity index (χ1v) is 19.9. The highest BCUT2D eigenvalue weighted by molar-refractivity contribution is 6.10. The van der Waals surface area contributed by atoms with Crippen LogP contribution in [0, 0.1) is 0 Å². The normalized spacial score (nSPS) is 12.3. The maximum Gasteiger partial charge on any atom is 0.0645 e. The third-order valence-electron chi connectivity index (χ3n) is 11.2. The molecule has 0 atom stereocenters. The van der Waals surface area contributed by atoms with Gasteiger partial charge in [-0.05, 0) is 118 Å². The highest BCUT2D eigenvalue weighted by atomic mass is 15.1. The molecule has 0 bridgehead atoms. The van der Waals surface area contributed by atoms with Crippen molar-refractivity contribution in [3.8, 4) is 16.8 Å². The van der Waals surface area contributed by atoms with Crippen LogP contribution in [0.25, 0.3) is 60.2 Å². The lowest BCUT2D eigenvalue weighted by Crippen LogP contribution is -2.10. The van der Waals surface area contributed by atoms with Crippen molar-refractivity contribution in [2.24, 2.45) is 0 Å². The highest BCUT2D eigenvalue weighted by Crippen LogP contribution is 2.42. The molecule has 59 heavy (non-hydrogen) atoms. The number of hydrogen-bond acceptors (Lipinski definition) is 2. The quantitative estimate of drug-likeness (QED) is 0.153. The van der Waals surface area contributed by atoms with Crippen LogP contribution in [0.15, 0.2) is 236 Å². The maximum absolute atomic E-state index is 9.60. The average molecular weight is 758 g/mol. The van der Waals surface area contributed by atoms with Gasteiger partial charge in [0, 0.05) is 50.3 Å². The van der Waals surface area contributed by atoms with E-state index in [2.05, 4.69) is 119 Å². The molecular formula is C56H39N3. The Morgan fingerprint density at radius 1 is 0.322 bits per heavy atom. The van der Waals surface area contributed by atoms with Gasteiger partial charge in [0.25, 0.3) is 0 Å². The van der Waals surface area contributed by atoms with Gasteiger partial charge in [0.15, 0.2) is 0 Å². The predicted molar refractivity (Wildman–Crippen MR) is 251 cm³/mol. The molecule has 11 aromatic rings. The van der Waals surface area contributed by atoms with Crippen LogP contribution in [-0.2, 0) is 0 Å². The Labute approximate surface area is 349 Å². The number of fused-ring (bicyclic) bond motifs is 5. The number of anilines is 6. The van der Waals surface area contributed by atoms with E-state index in [1.165, 1.54) is 0 Å². The van der Waals surface area contributed by atoms with Gasteiger partial charge in [-0.15, -0.1) is 0 Å². The van der Waals surface area contributed by atoms with E-state index >= 15 is 0 Å². The van der Waals surface area contributed by atoms with Crippen LogP contribution in [0.2, 0.25) is 0 Å². The van der Waals surface area contributed by atoms with Gasteiger partial charge in [0.1, 0.15) is 0 Å². The number of nitrogens with zero attached hydrogens (tertiary/aromatic N) is 3. The van der Waals surface area contributed by atoms with Crippen molar-refractivity contribution in [2.45, 2.75) is 0 Å². The summed E-state index contributed by atoms with van der Waals surface area (Å²) >= 11 is 0. The Bertz CT molecular complexity index is 3480. The van der Waals surface area contributed by atoms with E-state index in [-0.39, 0.29) is 35.4 Å². The van der Waals surface area contributed by atoms with E-state index in [9.17, 15) is 5.48 Å². The summed E-state index contributed by atoms with van der Waals surface area (Å²) in [7, 11) is 0. The predicted octanol–water partition coefficient (Wildman–Crippen LogP) is 15.7. The van der Waals surface area contributed by atoms with Crippen molar-refractivity contribution in [1.29, 1.82) is 0 Å². The second-order valence-electron chi connectivity index (χ2n) is 14.7. The molecule has 0 amide bonds. The third-order valence-corrected chi connectivity index (χ3v) is 11.2. The van der Waals surface area contributed by atoms with E-state index in [4.69, 9.17) is 0 Å². The van der Waals surface area contributed by atoms with Crippen molar-refractivity contribution < 1.29 is 5.48 Å². The Balaban J connectivity index is 1.03. The fourth-order valence-corrected chi connectivity index (χ4v) is 8.43. The van der Waals surface area contributed by atoms with Crippen molar-refractivity contribution in [1.82, 2.24) is 4.57 Å². The van der Waals surface area contributed by atoms with Crippen molar-refractivity contribution in [3.63, 3.8) is 0 Å². The zero-order valence-corrected chi connectivity index (χ0v) is 32.0. The van der Waals surface area contributed by atoms with Gasteiger partial charge < -0.3 is 14.4 Å². The Kier molecular flexibility index (Phi) is 7.48. The summed E-state index contributed by atoms with van der Waals surface area (Å²) in [6.07, 6.45) is 0. The van der Waals surface area contributed by atoms with Gasteiger partial charge in [0.2, 0.25) is 0 Å². The molecule has 0 saturated heterocycles. The lowest BCUT2D eigenvalue weighted by Gasteiger charge is -2.27. The molecule has 0 fully saturated rings. The van der Waals surface area contributed by atoms with Crippen LogP contribution in [0.3, 0.4) is 0 Å². The molecule has 0 saturated carbocycles. The number of benzene rings is 10.